The van der Waals surface area contributed by atoms with Gasteiger partial charge in [-0.05, 0) is 17.7 Å². The Morgan fingerprint density at radius 3 is 2.38 bits per heavy atom. The molecular formula is C10H12ClN3O2. The minimum absolute atomic E-state index is 0.235. The Kier molecular flexibility index (Phi) is 2.67. The predicted octanol–water partition coefficient (Wildman–Crippen LogP) is 0.734. The van der Waals surface area contributed by atoms with Gasteiger partial charge in [0.15, 0.2) is 0 Å². The molecule has 6 heteroatoms. The first-order valence-corrected chi connectivity index (χ1v) is 5.65. The van der Waals surface area contributed by atoms with Crippen LogP contribution in [0.15, 0.2) is 12.3 Å². The third kappa shape index (κ3) is 1.75. The van der Waals surface area contributed by atoms with E-state index in [1.165, 1.54) is 0 Å². The van der Waals surface area contributed by atoms with E-state index in [2.05, 4.69) is 14.9 Å². The lowest BCUT2D eigenvalue weighted by atomic mass is 10.1. The van der Waals surface area contributed by atoms with Gasteiger partial charge in [-0.1, -0.05) is 0 Å². The molecule has 3 rings (SSSR count). The van der Waals surface area contributed by atoms with Crippen LogP contribution in [-0.2, 0) is 9.47 Å². The molecular weight excluding hydrogens is 230 g/mol. The summed E-state index contributed by atoms with van der Waals surface area (Å²) in [5.41, 5.74) is 0. The molecule has 0 amide bonds. The molecule has 2 bridgehead atoms. The van der Waals surface area contributed by atoms with Crippen molar-refractivity contribution in [2.24, 2.45) is 0 Å². The van der Waals surface area contributed by atoms with E-state index in [1.807, 2.05) is 6.07 Å². The molecule has 5 nitrogen and oxygen atoms in total. The summed E-state index contributed by atoms with van der Waals surface area (Å²) in [6, 6.07) is 2.35. The summed E-state index contributed by atoms with van der Waals surface area (Å²) < 4.78 is 11.0. The molecule has 0 N–H and O–H groups in total. The zero-order valence-corrected chi connectivity index (χ0v) is 9.43. The molecule has 2 fully saturated rings. The van der Waals surface area contributed by atoms with E-state index in [0.29, 0.717) is 26.4 Å². The van der Waals surface area contributed by atoms with Crippen LogP contribution >= 0.6 is 11.6 Å². The summed E-state index contributed by atoms with van der Waals surface area (Å²) in [5, 5.41) is 0.281. The first-order valence-electron chi connectivity index (χ1n) is 5.27. The second kappa shape index (κ2) is 4.16. The van der Waals surface area contributed by atoms with Gasteiger partial charge in [0.05, 0.1) is 38.5 Å². The number of nitrogens with zero attached hydrogens (tertiary/aromatic N) is 3. The van der Waals surface area contributed by atoms with Crippen LogP contribution in [0.25, 0.3) is 0 Å². The van der Waals surface area contributed by atoms with E-state index in [-0.39, 0.29) is 17.4 Å². The van der Waals surface area contributed by atoms with Crippen molar-refractivity contribution in [3.05, 3.63) is 17.5 Å². The number of morpholine rings is 2. The zero-order chi connectivity index (χ0) is 11.0. The SMILES string of the molecule is Clc1nccc(N2C3COCC2COC3)n1. The fourth-order valence-electron chi connectivity index (χ4n) is 2.24. The van der Waals surface area contributed by atoms with Gasteiger partial charge in [-0.25, -0.2) is 9.97 Å². The summed E-state index contributed by atoms with van der Waals surface area (Å²) in [6.07, 6.45) is 1.68. The summed E-state index contributed by atoms with van der Waals surface area (Å²) in [6.45, 7) is 2.71. The van der Waals surface area contributed by atoms with Crippen LogP contribution in [0.5, 0.6) is 0 Å². The van der Waals surface area contributed by atoms with Gasteiger partial charge in [0, 0.05) is 6.20 Å². The van der Waals surface area contributed by atoms with E-state index in [9.17, 15) is 0 Å². The lowest BCUT2D eigenvalue weighted by Crippen LogP contribution is -2.60. The molecule has 1 aromatic rings. The Labute approximate surface area is 98.3 Å². The van der Waals surface area contributed by atoms with Crippen LogP contribution in [0.4, 0.5) is 5.82 Å². The van der Waals surface area contributed by atoms with E-state index in [4.69, 9.17) is 21.1 Å². The van der Waals surface area contributed by atoms with Gasteiger partial charge >= 0.3 is 0 Å². The van der Waals surface area contributed by atoms with Gasteiger partial charge in [-0.3, -0.25) is 0 Å². The second-order valence-corrected chi connectivity index (χ2v) is 4.31. The molecule has 0 unspecified atom stereocenters. The summed E-state index contributed by atoms with van der Waals surface area (Å²) in [5.74, 6) is 0.863. The Bertz CT molecular complexity index is 368. The van der Waals surface area contributed by atoms with E-state index < -0.39 is 0 Å². The van der Waals surface area contributed by atoms with Crippen molar-refractivity contribution in [1.29, 1.82) is 0 Å². The van der Waals surface area contributed by atoms with Gasteiger partial charge in [0.25, 0.3) is 0 Å². The van der Waals surface area contributed by atoms with Crippen molar-refractivity contribution in [3.63, 3.8) is 0 Å². The third-order valence-electron chi connectivity index (χ3n) is 2.90. The number of fused-ring (bicyclic) bond motifs is 2. The van der Waals surface area contributed by atoms with Gasteiger partial charge in [-0.2, -0.15) is 0 Å². The number of halogens is 1. The molecule has 2 aliphatic heterocycles. The van der Waals surface area contributed by atoms with Crippen molar-refractivity contribution in [1.82, 2.24) is 9.97 Å². The number of aromatic nitrogens is 2. The molecule has 1 aromatic heterocycles. The molecule has 0 saturated carbocycles. The minimum Gasteiger partial charge on any atom is -0.377 e. The zero-order valence-electron chi connectivity index (χ0n) is 8.67. The molecule has 0 radical (unpaired) electrons. The van der Waals surface area contributed by atoms with Crippen LogP contribution in [-0.4, -0.2) is 48.5 Å². The molecule has 16 heavy (non-hydrogen) atoms. The topological polar surface area (TPSA) is 47.5 Å². The third-order valence-corrected chi connectivity index (χ3v) is 3.09. The van der Waals surface area contributed by atoms with Gasteiger partial charge in [-0.15, -0.1) is 0 Å². The Hall–Kier alpha value is -0.910. The Morgan fingerprint density at radius 2 is 1.81 bits per heavy atom. The van der Waals surface area contributed by atoms with E-state index in [1.54, 1.807) is 6.20 Å². The monoisotopic (exact) mass is 241 g/mol. The molecule has 2 saturated heterocycles. The average Bonchev–Trinajstić information content (AvgIpc) is 2.28. The standard InChI is InChI=1S/C10H12ClN3O2/c11-10-12-2-1-9(13-10)14-7-3-15-5-8(14)6-16-4-7/h1-2,7-8H,3-6H2. The smallest absolute Gasteiger partial charge is 0.224 e. The van der Waals surface area contributed by atoms with Crippen molar-refractivity contribution in [3.8, 4) is 0 Å². The highest BCUT2D eigenvalue weighted by molar-refractivity contribution is 6.28. The molecule has 0 aromatic carbocycles. The predicted molar refractivity (Wildman–Crippen MR) is 58.7 cm³/mol. The largest absolute Gasteiger partial charge is 0.377 e. The maximum absolute atomic E-state index is 5.81. The Balaban J connectivity index is 1.92. The molecule has 3 heterocycles. The summed E-state index contributed by atoms with van der Waals surface area (Å²) in [7, 11) is 0. The number of anilines is 1. The number of ether oxygens (including phenoxy) is 2. The highest BCUT2D eigenvalue weighted by atomic mass is 35.5. The van der Waals surface area contributed by atoms with Crippen molar-refractivity contribution in [2.75, 3.05) is 31.3 Å². The normalized spacial score (nSPS) is 29.2. The quantitative estimate of drug-likeness (QED) is 0.679. The summed E-state index contributed by atoms with van der Waals surface area (Å²) >= 11 is 5.81. The number of rotatable bonds is 1. The number of hydrogen-bond acceptors (Lipinski definition) is 5. The van der Waals surface area contributed by atoms with Crippen LogP contribution in [0.2, 0.25) is 5.28 Å². The molecule has 0 spiro atoms. The van der Waals surface area contributed by atoms with Crippen LogP contribution in [0, 0.1) is 0 Å². The first kappa shape index (κ1) is 10.3. The van der Waals surface area contributed by atoms with Gasteiger partial charge in [0.1, 0.15) is 5.82 Å². The molecule has 0 aliphatic carbocycles. The highest BCUT2D eigenvalue weighted by Gasteiger charge is 2.36. The Morgan fingerprint density at radius 1 is 1.19 bits per heavy atom. The van der Waals surface area contributed by atoms with Crippen LogP contribution < -0.4 is 4.90 Å². The maximum Gasteiger partial charge on any atom is 0.224 e. The van der Waals surface area contributed by atoms with Crippen molar-refractivity contribution < 1.29 is 9.47 Å². The van der Waals surface area contributed by atoms with Gasteiger partial charge < -0.3 is 14.4 Å². The van der Waals surface area contributed by atoms with Crippen molar-refractivity contribution in [2.45, 2.75) is 12.1 Å². The van der Waals surface area contributed by atoms with Crippen LogP contribution in [0.3, 0.4) is 0 Å². The summed E-state index contributed by atoms with van der Waals surface area (Å²) in [4.78, 5) is 10.4. The molecule has 0 atom stereocenters. The fourth-order valence-corrected chi connectivity index (χ4v) is 2.38. The van der Waals surface area contributed by atoms with Crippen molar-refractivity contribution >= 4 is 17.4 Å². The van der Waals surface area contributed by atoms with Crippen LogP contribution in [0.1, 0.15) is 0 Å². The van der Waals surface area contributed by atoms with E-state index in [0.717, 1.165) is 5.82 Å². The van der Waals surface area contributed by atoms with Gasteiger partial charge in [0.2, 0.25) is 5.28 Å². The maximum atomic E-state index is 5.81. The molecule has 2 aliphatic rings. The average molecular weight is 242 g/mol. The highest BCUT2D eigenvalue weighted by Crippen LogP contribution is 2.25. The first-order chi connectivity index (χ1) is 7.84. The molecule has 86 valence electrons. The second-order valence-electron chi connectivity index (χ2n) is 3.97. The lowest BCUT2D eigenvalue weighted by molar-refractivity contribution is -0.0350. The number of hydrogen-bond donors (Lipinski definition) is 0. The van der Waals surface area contributed by atoms with E-state index >= 15 is 0 Å². The fraction of sp³-hybridized carbons (Fsp3) is 0.600. The minimum atomic E-state index is 0.235. The lowest BCUT2D eigenvalue weighted by Gasteiger charge is -2.46.